The maximum absolute atomic E-state index is 11.9. The number of aromatic amines is 1. The van der Waals surface area contributed by atoms with Gasteiger partial charge in [0.1, 0.15) is 11.3 Å². The molecule has 7 nitrogen and oxygen atoms in total. The van der Waals surface area contributed by atoms with E-state index in [-0.39, 0.29) is 22.6 Å². The van der Waals surface area contributed by atoms with Crippen molar-refractivity contribution < 1.29 is 19.8 Å². The van der Waals surface area contributed by atoms with E-state index in [1.807, 2.05) is 0 Å². The first kappa shape index (κ1) is 13.3. The van der Waals surface area contributed by atoms with Gasteiger partial charge in [-0.15, -0.1) is 0 Å². The van der Waals surface area contributed by atoms with Crippen LogP contribution >= 0.6 is 0 Å². The van der Waals surface area contributed by atoms with Crippen molar-refractivity contribution in [3.05, 3.63) is 58.0 Å². The van der Waals surface area contributed by atoms with Crippen LogP contribution in [0.4, 0.5) is 5.69 Å². The fraction of sp³-hybridized carbons (Fsp3) is 0. The predicted molar refractivity (Wildman–Crippen MR) is 70.1 cm³/mol. The van der Waals surface area contributed by atoms with Gasteiger partial charge in [-0.2, -0.15) is 0 Å². The van der Waals surface area contributed by atoms with Crippen LogP contribution in [0.15, 0.2) is 41.5 Å². The highest BCUT2D eigenvalue weighted by atomic mass is 16.4. The van der Waals surface area contributed by atoms with Crippen LogP contribution in [0.1, 0.15) is 20.7 Å². The number of carbonyl (C=O) groups is 2. The van der Waals surface area contributed by atoms with Crippen molar-refractivity contribution in [1.82, 2.24) is 4.98 Å². The highest BCUT2D eigenvalue weighted by Gasteiger charge is 2.15. The number of phenols is 1. The van der Waals surface area contributed by atoms with Crippen LogP contribution in [0.3, 0.4) is 0 Å². The Kier molecular flexibility index (Phi) is 3.52. The molecule has 20 heavy (non-hydrogen) atoms. The topological polar surface area (TPSA) is 119 Å². The largest absolute Gasteiger partial charge is 0.508 e. The van der Waals surface area contributed by atoms with Crippen molar-refractivity contribution in [3.63, 3.8) is 0 Å². The summed E-state index contributed by atoms with van der Waals surface area (Å²) in [6.45, 7) is 0. The second kappa shape index (κ2) is 5.27. The van der Waals surface area contributed by atoms with Crippen LogP contribution in [-0.2, 0) is 0 Å². The molecular formula is C13H10N2O5. The monoisotopic (exact) mass is 274 g/mol. The van der Waals surface area contributed by atoms with Crippen LogP contribution in [-0.4, -0.2) is 27.1 Å². The molecule has 1 amide bonds. The van der Waals surface area contributed by atoms with E-state index in [1.54, 1.807) is 0 Å². The molecule has 102 valence electrons. The van der Waals surface area contributed by atoms with Crippen molar-refractivity contribution in [1.29, 1.82) is 0 Å². The Morgan fingerprint density at radius 1 is 1.15 bits per heavy atom. The van der Waals surface area contributed by atoms with Gasteiger partial charge in [0.15, 0.2) is 5.43 Å². The number of phenolic OH excluding ortho intramolecular Hbond substituents is 1. The maximum Gasteiger partial charge on any atom is 0.337 e. The molecule has 0 saturated heterocycles. The van der Waals surface area contributed by atoms with Crippen LogP contribution in [0.25, 0.3) is 0 Å². The minimum absolute atomic E-state index is 0.0106. The number of hydrogen-bond donors (Lipinski definition) is 4. The SMILES string of the molecule is O=C(O)c1cc(O)ccc1NC(=O)c1c[nH]ccc1=O. The number of benzene rings is 1. The summed E-state index contributed by atoms with van der Waals surface area (Å²) in [4.78, 5) is 37.0. The van der Waals surface area contributed by atoms with Crippen molar-refractivity contribution in [3.8, 4) is 5.75 Å². The summed E-state index contributed by atoms with van der Waals surface area (Å²) in [5.41, 5.74) is -0.914. The Morgan fingerprint density at radius 3 is 2.55 bits per heavy atom. The van der Waals surface area contributed by atoms with Gasteiger partial charge < -0.3 is 20.5 Å². The van der Waals surface area contributed by atoms with E-state index < -0.39 is 17.3 Å². The molecule has 0 atom stereocenters. The molecule has 4 N–H and O–H groups in total. The zero-order valence-electron chi connectivity index (χ0n) is 10.1. The van der Waals surface area contributed by atoms with Crippen LogP contribution in [0.5, 0.6) is 5.75 Å². The Hall–Kier alpha value is -3.09. The third-order valence-corrected chi connectivity index (χ3v) is 2.55. The predicted octanol–water partition coefficient (Wildman–Crippen LogP) is 1.03. The minimum Gasteiger partial charge on any atom is -0.508 e. The van der Waals surface area contributed by atoms with Crippen molar-refractivity contribution in [2.45, 2.75) is 0 Å². The van der Waals surface area contributed by atoms with Crippen LogP contribution in [0, 0.1) is 0 Å². The zero-order chi connectivity index (χ0) is 14.7. The molecular weight excluding hydrogens is 264 g/mol. The fourth-order valence-corrected chi connectivity index (χ4v) is 1.60. The fourth-order valence-electron chi connectivity index (χ4n) is 1.60. The first-order valence-electron chi connectivity index (χ1n) is 5.54. The Bertz CT molecular complexity index is 736. The molecule has 0 radical (unpaired) electrons. The molecule has 0 fully saturated rings. The molecule has 0 aliphatic rings. The quantitative estimate of drug-likeness (QED) is 0.623. The van der Waals surface area contributed by atoms with Gasteiger partial charge in [-0.1, -0.05) is 0 Å². The Morgan fingerprint density at radius 2 is 1.90 bits per heavy atom. The van der Waals surface area contributed by atoms with E-state index in [4.69, 9.17) is 5.11 Å². The maximum atomic E-state index is 11.9. The third-order valence-electron chi connectivity index (χ3n) is 2.55. The third kappa shape index (κ3) is 2.66. The minimum atomic E-state index is -1.31. The number of carboxylic acid groups (broad SMARTS) is 1. The summed E-state index contributed by atoms with van der Waals surface area (Å²) >= 11 is 0. The van der Waals surface area contributed by atoms with Gasteiger partial charge in [-0.3, -0.25) is 9.59 Å². The number of hydrogen-bond acceptors (Lipinski definition) is 4. The summed E-state index contributed by atoms with van der Waals surface area (Å²) in [7, 11) is 0. The number of nitrogens with one attached hydrogen (secondary N) is 2. The van der Waals surface area contributed by atoms with Gasteiger partial charge in [-0.05, 0) is 18.2 Å². The number of carbonyl (C=O) groups excluding carboxylic acids is 1. The van der Waals surface area contributed by atoms with Gasteiger partial charge in [0, 0.05) is 18.5 Å². The van der Waals surface area contributed by atoms with Gasteiger partial charge >= 0.3 is 5.97 Å². The van der Waals surface area contributed by atoms with E-state index >= 15 is 0 Å². The lowest BCUT2D eigenvalue weighted by Crippen LogP contribution is -2.22. The molecule has 0 aliphatic carbocycles. The Labute approximate surface area is 112 Å². The van der Waals surface area contributed by atoms with E-state index in [1.165, 1.54) is 30.6 Å². The van der Waals surface area contributed by atoms with Gasteiger partial charge in [0.25, 0.3) is 5.91 Å². The number of anilines is 1. The highest BCUT2D eigenvalue weighted by molar-refractivity contribution is 6.07. The van der Waals surface area contributed by atoms with E-state index in [9.17, 15) is 19.5 Å². The average Bonchev–Trinajstić information content (AvgIpc) is 2.41. The molecule has 1 heterocycles. The van der Waals surface area contributed by atoms with Gasteiger partial charge in [-0.25, -0.2) is 4.79 Å². The van der Waals surface area contributed by atoms with E-state index in [0.29, 0.717) is 0 Å². The van der Waals surface area contributed by atoms with Crippen molar-refractivity contribution in [2.24, 2.45) is 0 Å². The molecule has 0 aliphatic heterocycles. The molecule has 0 spiro atoms. The molecule has 2 aromatic rings. The smallest absolute Gasteiger partial charge is 0.337 e. The lowest BCUT2D eigenvalue weighted by Gasteiger charge is -2.08. The number of rotatable bonds is 3. The average molecular weight is 274 g/mol. The standard InChI is InChI=1S/C13H10N2O5/c16-7-1-2-10(8(5-7)13(19)20)15-12(18)9-6-14-4-3-11(9)17/h1-6,16H,(H,14,17)(H,15,18)(H,19,20). The molecule has 1 aromatic heterocycles. The lowest BCUT2D eigenvalue weighted by molar-refractivity contribution is 0.0697. The second-order valence-electron chi connectivity index (χ2n) is 3.91. The number of pyridine rings is 1. The molecule has 0 saturated carbocycles. The number of carboxylic acids is 1. The highest BCUT2D eigenvalue weighted by Crippen LogP contribution is 2.21. The Balaban J connectivity index is 2.36. The number of aromatic carboxylic acids is 1. The normalized spacial score (nSPS) is 10.0. The number of H-pyrrole nitrogens is 1. The summed E-state index contributed by atoms with van der Waals surface area (Å²) in [6.07, 6.45) is 2.60. The molecule has 1 aromatic carbocycles. The van der Waals surface area contributed by atoms with Crippen molar-refractivity contribution in [2.75, 3.05) is 5.32 Å². The van der Waals surface area contributed by atoms with Crippen LogP contribution < -0.4 is 10.7 Å². The molecule has 2 rings (SSSR count). The molecule has 0 unspecified atom stereocenters. The molecule has 0 bridgehead atoms. The second-order valence-corrected chi connectivity index (χ2v) is 3.91. The van der Waals surface area contributed by atoms with Crippen LogP contribution in [0.2, 0.25) is 0 Å². The summed E-state index contributed by atoms with van der Waals surface area (Å²) in [5.74, 6) is -2.28. The number of amides is 1. The molecule has 7 heteroatoms. The first-order valence-corrected chi connectivity index (χ1v) is 5.54. The number of aromatic nitrogens is 1. The summed E-state index contributed by atoms with van der Waals surface area (Å²) in [5, 5.41) is 20.6. The summed E-state index contributed by atoms with van der Waals surface area (Å²) in [6, 6.07) is 4.67. The number of aromatic hydroxyl groups is 1. The lowest BCUT2D eigenvalue weighted by atomic mass is 10.1. The van der Waals surface area contributed by atoms with E-state index in [2.05, 4.69) is 10.3 Å². The first-order chi connectivity index (χ1) is 9.49. The zero-order valence-corrected chi connectivity index (χ0v) is 10.1. The van der Waals surface area contributed by atoms with Crippen molar-refractivity contribution >= 4 is 17.6 Å². The van der Waals surface area contributed by atoms with Gasteiger partial charge in [0.2, 0.25) is 0 Å². The summed E-state index contributed by atoms with van der Waals surface area (Å²) < 4.78 is 0. The van der Waals surface area contributed by atoms with Gasteiger partial charge in [0.05, 0.1) is 11.3 Å². The van der Waals surface area contributed by atoms with E-state index in [0.717, 1.165) is 6.07 Å².